The topological polar surface area (TPSA) is 24.7 Å². The normalized spacial score (nSPS) is 10.7. The van der Waals surface area contributed by atoms with Gasteiger partial charge in [-0.15, -0.1) is 5.11 Å². The van der Waals surface area contributed by atoms with Crippen LogP contribution < -0.4 is 0 Å². The van der Waals surface area contributed by atoms with E-state index in [4.69, 9.17) is 11.6 Å². The van der Waals surface area contributed by atoms with E-state index in [1.165, 1.54) is 0 Å². The lowest BCUT2D eigenvalue weighted by atomic mass is 10.3. The van der Waals surface area contributed by atoms with Gasteiger partial charge in [0.2, 0.25) is 0 Å². The molecule has 0 radical (unpaired) electrons. The van der Waals surface area contributed by atoms with Crippen molar-refractivity contribution in [2.45, 2.75) is 0 Å². The number of nitrogens with zero attached hydrogens (tertiary/aromatic N) is 2. The van der Waals surface area contributed by atoms with Crippen LogP contribution in [0.25, 0.3) is 0 Å². The van der Waals surface area contributed by atoms with Gasteiger partial charge >= 0.3 is 0 Å². The van der Waals surface area contributed by atoms with Gasteiger partial charge in [0.05, 0.1) is 10.7 Å². The van der Waals surface area contributed by atoms with Crippen molar-refractivity contribution in [3.63, 3.8) is 0 Å². The molecular formula is C12H9ClN2. The molecule has 2 aromatic rings. The third-order valence-corrected chi connectivity index (χ3v) is 2.20. The summed E-state index contributed by atoms with van der Waals surface area (Å²) < 4.78 is 0. The first kappa shape index (κ1) is 9.87. The van der Waals surface area contributed by atoms with Gasteiger partial charge in [-0.3, -0.25) is 0 Å². The fraction of sp³-hybridized carbons (Fsp3) is 0. The first-order valence-corrected chi connectivity index (χ1v) is 4.95. The van der Waals surface area contributed by atoms with Gasteiger partial charge in [-0.05, 0) is 24.3 Å². The lowest BCUT2D eigenvalue weighted by Crippen LogP contribution is -1.66. The van der Waals surface area contributed by atoms with Gasteiger partial charge in [-0.2, -0.15) is 5.11 Å². The maximum atomic E-state index is 5.94. The molecule has 0 aliphatic heterocycles. The minimum Gasteiger partial charge on any atom is -0.151 e. The second-order valence-electron chi connectivity index (χ2n) is 2.99. The number of rotatable bonds is 2. The number of hydrogen-bond donors (Lipinski definition) is 0. The predicted molar refractivity (Wildman–Crippen MR) is 62.1 cm³/mol. The van der Waals surface area contributed by atoms with Crippen molar-refractivity contribution >= 4 is 23.0 Å². The Morgan fingerprint density at radius 1 is 0.733 bits per heavy atom. The molecule has 0 N–H and O–H groups in total. The van der Waals surface area contributed by atoms with Gasteiger partial charge in [-0.1, -0.05) is 41.9 Å². The third kappa shape index (κ3) is 2.64. The summed E-state index contributed by atoms with van der Waals surface area (Å²) in [6.07, 6.45) is 0. The van der Waals surface area contributed by atoms with E-state index in [1.54, 1.807) is 6.07 Å². The molecule has 0 aliphatic carbocycles. The number of benzene rings is 2. The van der Waals surface area contributed by atoms with Crippen LogP contribution in [0.2, 0.25) is 5.02 Å². The molecule has 0 heterocycles. The zero-order valence-corrected chi connectivity index (χ0v) is 8.72. The van der Waals surface area contributed by atoms with Gasteiger partial charge in [0.15, 0.2) is 0 Å². The maximum Gasteiger partial charge on any atom is 0.104 e. The van der Waals surface area contributed by atoms with Gasteiger partial charge in [0.1, 0.15) is 5.69 Å². The molecule has 2 rings (SSSR count). The molecule has 0 unspecified atom stereocenters. The summed E-state index contributed by atoms with van der Waals surface area (Å²) in [5.41, 5.74) is 1.50. The average molecular weight is 217 g/mol. The minimum atomic E-state index is 0.609. The molecule has 0 bridgehead atoms. The van der Waals surface area contributed by atoms with Crippen LogP contribution in [0.1, 0.15) is 0 Å². The summed E-state index contributed by atoms with van der Waals surface area (Å²) in [5, 5.41) is 8.76. The SMILES string of the molecule is Clc1ccccc1/N=N\c1ccccc1. The third-order valence-electron chi connectivity index (χ3n) is 1.88. The summed E-state index contributed by atoms with van der Waals surface area (Å²) >= 11 is 5.94. The predicted octanol–water partition coefficient (Wildman–Crippen LogP) is 4.76. The van der Waals surface area contributed by atoms with Crippen molar-refractivity contribution in [1.29, 1.82) is 0 Å². The van der Waals surface area contributed by atoms with Crippen LogP contribution in [0.3, 0.4) is 0 Å². The quantitative estimate of drug-likeness (QED) is 0.647. The Kier molecular flexibility index (Phi) is 3.10. The molecule has 0 aromatic heterocycles. The second-order valence-corrected chi connectivity index (χ2v) is 3.39. The Morgan fingerprint density at radius 2 is 1.40 bits per heavy atom. The summed E-state index contributed by atoms with van der Waals surface area (Å²) in [6, 6.07) is 16.9. The van der Waals surface area contributed by atoms with E-state index in [0.29, 0.717) is 10.7 Å². The highest BCUT2D eigenvalue weighted by atomic mass is 35.5. The Balaban J connectivity index is 2.23. The summed E-state index contributed by atoms with van der Waals surface area (Å²) in [4.78, 5) is 0. The fourth-order valence-electron chi connectivity index (χ4n) is 1.14. The first-order valence-electron chi connectivity index (χ1n) is 4.57. The van der Waals surface area contributed by atoms with Crippen molar-refractivity contribution in [3.05, 3.63) is 59.6 Å². The molecule has 0 spiro atoms. The van der Waals surface area contributed by atoms with Crippen molar-refractivity contribution in [2.75, 3.05) is 0 Å². The standard InChI is InChI=1S/C12H9ClN2/c13-11-8-4-5-9-12(11)15-14-10-6-2-1-3-7-10/h1-9H/b15-14-. The Hall–Kier alpha value is -1.67. The Morgan fingerprint density at radius 3 is 2.13 bits per heavy atom. The second kappa shape index (κ2) is 4.71. The molecular weight excluding hydrogens is 208 g/mol. The summed E-state index contributed by atoms with van der Waals surface area (Å²) in [7, 11) is 0. The van der Waals surface area contributed by atoms with Crippen molar-refractivity contribution in [1.82, 2.24) is 0 Å². The largest absolute Gasteiger partial charge is 0.151 e. The van der Waals surface area contributed by atoms with E-state index in [2.05, 4.69) is 10.2 Å². The number of azo groups is 1. The molecule has 0 saturated heterocycles. The lowest BCUT2D eigenvalue weighted by Gasteiger charge is -1.94. The lowest BCUT2D eigenvalue weighted by molar-refractivity contribution is 1.23. The van der Waals surface area contributed by atoms with Crippen LogP contribution in [0, 0.1) is 0 Å². The molecule has 0 atom stereocenters. The van der Waals surface area contributed by atoms with Crippen LogP contribution in [0.15, 0.2) is 64.8 Å². The van der Waals surface area contributed by atoms with Crippen molar-refractivity contribution < 1.29 is 0 Å². The van der Waals surface area contributed by atoms with Crippen LogP contribution in [-0.2, 0) is 0 Å². The van der Waals surface area contributed by atoms with Gasteiger partial charge in [0, 0.05) is 0 Å². The van der Waals surface area contributed by atoms with Gasteiger partial charge in [-0.25, -0.2) is 0 Å². The van der Waals surface area contributed by atoms with Crippen LogP contribution in [0.5, 0.6) is 0 Å². The molecule has 0 aliphatic rings. The minimum absolute atomic E-state index is 0.609. The van der Waals surface area contributed by atoms with Crippen LogP contribution in [-0.4, -0.2) is 0 Å². The molecule has 3 heteroatoms. The van der Waals surface area contributed by atoms with E-state index >= 15 is 0 Å². The van der Waals surface area contributed by atoms with E-state index < -0.39 is 0 Å². The Bertz CT molecular complexity index is 466. The fourth-order valence-corrected chi connectivity index (χ4v) is 1.31. The zero-order valence-electron chi connectivity index (χ0n) is 7.97. The van der Waals surface area contributed by atoms with E-state index in [-0.39, 0.29) is 0 Å². The number of hydrogen-bond acceptors (Lipinski definition) is 2. The van der Waals surface area contributed by atoms with E-state index in [0.717, 1.165) is 5.69 Å². The van der Waals surface area contributed by atoms with Crippen LogP contribution in [0.4, 0.5) is 11.4 Å². The molecule has 74 valence electrons. The first-order chi connectivity index (χ1) is 7.36. The monoisotopic (exact) mass is 216 g/mol. The molecule has 0 saturated carbocycles. The highest BCUT2D eigenvalue weighted by molar-refractivity contribution is 6.32. The number of halogens is 1. The molecule has 2 aromatic carbocycles. The Labute approximate surface area is 93.2 Å². The van der Waals surface area contributed by atoms with E-state index in [9.17, 15) is 0 Å². The molecule has 0 fully saturated rings. The highest BCUT2D eigenvalue weighted by Crippen LogP contribution is 2.25. The summed E-state index contributed by atoms with van der Waals surface area (Å²) in [6.45, 7) is 0. The average Bonchev–Trinajstić information content (AvgIpc) is 2.29. The van der Waals surface area contributed by atoms with Crippen LogP contribution >= 0.6 is 11.6 Å². The molecule has 0 amide bonds. The van der Waals surface area contributed by atoms with E-state index in [1.807, 2.05) is 48.5 Å². The molecule has 2 nitrogen and oxygen atoms in total. The summed E-state index contributed by atoms with van der Waals surface area (Å²) in [5.74, 6) is 0. The smallest absolute Gasteiger partial charge is 0.104 e. The molecule has 15 heavy (non-hydrogen) atoms. The van der Waals surface area contributed by atoms with Gasteiger partial charge in [0.25, 0.3) is 0 Å². The van der Waals surface area contributed by atoms with Crippen molar-refractivity contribution in [3.8, 4) is 0 Å². The van der Waals surface area contributed by atoms with Gasteiger partial charge < -0.3 is 0 Å². The maximum absolute atomic E-state index is 5.94. The zero-order chi connectivity index (χ0) is 10.5. The highest BCUT2D eigenvalue weighted by Gasteiger charge is 1.95. The van der Waals surface area contributed by atoms with Crippen molar-refractivity contribution in [2.24, 2.45) is 10.2 Å².